The molecule has 0 spiro atoms. The molecule has 29 heavy (non-hydrogen) atoms. The van der Waals surface area contributed by atoms with Gasteiger partial charge in [-0.25, -0.2) is 4.79 Å². The summed E-state index contributed by atoms with van der Waals surface area (Å²) < 4.78 is 0. The number of nitrogens with one attached hydrogen (secondary N) is 3. The second-order valence-electron chi connectivity index (χ2n) is 7.77. The maximum absolute atomic E-state index is 12.7. The number of nitrogens with two attached hydrogens (primary N) is 1. The molecule has 0 fully saturated rings. The largest absolute Gasteiger partial charge is 0.480 e. The van der Waals surface area contributed by atoms with Gasteiger partial charge in [0.05, 0.1) is 6.10 Å². The van der Waals surface area contributed by atoms with Gasteiger partial charge in [0.2, 0.25) is 17.7 Å². The van der Waals surface area contributed by atoms with Crippen molar-refractivity contribution in [2.24, 2.45) is 17.6 Å². The van der Waals surface area contributed by atoms with Crippen molar-refractivity contribution in [1.82, 2.24) is 16.0 Å². The van der Waals surface area contributed by atoms with Crippen LogP contribution in [-0.2, 0) is 19.2 Å². The van der Waals surface area contributed by atoms with Crippen molar-refractivity contribution in [2.45, 2.75) is 71.3 Å². The number of hydrogen-bond donors (Lipinski definition) is 7. The third-order valence-electron chi connectivity index (χ3n) is 4.21. The number of thiol groups is 1. The first-order valence-electron chi connectivity index (χ1n) is 9.50. The van der Waals surface area contributed by atoms with Crippen molar-refractivity contribution in [3.63, 3.8) is 0 Å². The van der Waals surface area contributed by atoms with Gasteiger partial charge in [0.1, 0.15) is 24.2 Å². The van der Waals surface area contributed by atoms with E-state index in [1.807, 2.05) is 13.8 Å². The Bertz CT molecular complexity index is 585. The number of carbonyl (C=O) groups is 4. The number of carbonyl (C=O) groups excluding carboxylic acids is 3. The van der Waals surface area contributed by atoms with Crippen molar-refractivity contribution in [3.8, 4) is 0 Å². The Morgan fingerprint density at radius 2 is 1.38 bits per heavy atom. The van der Waals surface area contributed by atoms with Gasteiger partial charge in [-0.2, -0.15) is 12.6 Å². The van der Waals surface area contributed by atoms with E-state index in [1.54, 1.807) is 13.8 Å². The molecule has 0 saturated heterocycles. The minimum Gasteiger partial charge on any atom is -0.480 e. The Morgan fingerprint density at radius 3 is 1.76 bits per heavy atom. The monoisotopic (exact) mass is 434 g/mol. The van der Waals surface area contributed by atoms with Crippen LogP contribution in [0.3, 0.4) is 0 Å². The normalized spacial score (nSPS) is 16.5. The zero-order chi connectivity index (χ0) is 22.9. The quantitative estimate of drug-likeness (QED) is 0.190. The van der Waals surface area contributed by atoms with E-state index < -0.39 is 54.0 Å². The van der Waals surface area contributed by atoms with Crippen molar-refractivity contribution in [1.29, 1.82) is 0 Å². The highest BCUT2D eigenvalue weighted by molar-refractivity contribution is 7.80. The lowest BCUT2D eigenvalue weighted by molar-refractivity contribution is -0.143. The number of hydrogen-bond acceptors (Lipinski definition) is 7. The predicted octanol–water partition coefficient (Wildman–Crippen LogP) is -1.13. The molecule has 0 aromatic heterocycles. The molecule has 11 heteroatoms. The minimum absolute atomic E-state index is 0.0365. The van der Waals surface area contributed by atoms with Crippen molar-refractivity contribution < 1.29 is 29.4 Å². The third kappa shape index (κ3) is 9.46. The lowest BCUT2D eigenvalue weighted by Crippen LogP contribution is -2.59. The molecule has 5 unspecified atom stereocenters. The summed E-state index contributed by atoms with van der Waals surface area (Å²) in [5.74, 6) is -3.59. The van der Waals surface area contributed by atoms with Crippen LogP contribution in [0.5, 0.6) is 0 Å². The molecule has 0 rings (SSSR count). The number of aliphatic hydroxyl groups is 1. The smallest absolute Gasteiger partial charge is 0.326 e. The summed E-state index contributed by atoms with van der Waals surface area (Å²) in [7, 11) is 0. The number of carboxylic acid groups (broad SMARTS) is 1. The molecule has 0 aromatic rings. The van der Waals surface area contributed by atoms with E-state index in [1.165, 1.54) is 6.92 Å². The molecule has 0 radical (unpaired) electrons. The van der Waals surface area contributed by atoms with Gasteiger partial charge in [-0.15, -0.1) is 0 Å². The molecule has 0 saturated carbocycles. The topological polar surface area (TPSA) is 171 Å². The van der Waals surface area contributed by atoms with Gasteiger partial charge in [-0.05, 0) is 25.2 Å². The Balaban J connectivity index is 5.25. The molecule has 0 aliphatic carbocycles. The van der Waals surface area contributed by atoms with Gasteiger partial charge in [0, 0.05) is 5.75 Å². The van der Waals surface area contributed by atoms with E-state index in [9.17, 15) is 29.4 Å². The summed E-state index contributed by atoms with van der Waals surface area (Å²) in [5.41, 5.74) is 5.60. The van der Waals surface area contributed by atoms with Crippen LogP contribution >= 0.6 is 12.6 Å². The number of carboxylic acids is 1. The van der Waals surface area contributed by atoms with Gasteiger partial charge in [0.15, 0.2) is 0 Å². The molecule has 0 aromatic carbocycles. The zero-order valence-corrected chi connectivity index (χ0v) is 18.4. The van der Waals surface area contributed by atoms with E-state index in [0.717, 1.165) is 0 Å². The first-order valence-corrected chi connectivity index (χ1v) is 10.1. The van der Waals surface area contributed by atoms with E-state index in [2.05, 4.69) is 28.6 Å². The molecule has 10 nitrogen and oxygen atoms in total. The minimum atomic E-state index is -1.20. The maximum atomic E-state index is 12.7. The summed E-state index contributed by atoms with van der Waals surface area (Å²) in [6.45, 7) is 8.35. The van der Waals surface area contributed by atoms with Crippen LogP contribution in [0.4, 0.5) is 0 Å². The lowest BCUT2D eigenvalue weighted by Gasteiger charge is -2.26. The molecular formula is C18H34N4O6S. The van der Waals surface area contributed by atoms with Gasteiger partial charge < -0.3 is 31.9 Å². The van der Waals surface area contributed by atoms with Crippen LogP contribution in [0.25, 0.3) is 0 Å². The zero-order valence-electron chi connectivity index (χ0n) is 17.5. The van der Waals surface area contributed by atoms with Gasteiger partial charge in [-0.3, -0.25) is 14.4 Å². The number of aliphatic carboxylic acids is 1. The summed E-state index contributed by atoms with van der Waals surface area (Å²) in [4.78, 5) is 48.5. The van der Waals surface area contributed by atoms with Crippen molar-refractivity contribution in [2.75, 3.05) is 5.75 Å². The summed E-state index contributed by atoms with van der Waals surface area (Å²) in [6, 6.07) is -4.40. The second kappa shape index (κ2) is 12.7. The van der Waals surface area contributed by atoms with Crippen LogP contribution in [0.15, 0.2) is 0 Å². The molecule has 0 heterocycles. The highest BCUT2D eigenvalue weighted by atomic mass is 32.1. The van der Waals surface area contributed by atoms with Crippen LogP contribution in [0.2, 0.25) is 0 Å². The second-order valence-corrected chi connectivity index (χ2v) is 8.13. The molecule has 7 N–H and O–H groups in total. The average molecular weight is 435 g/mol. The summed E-state index contributed by atoms with van der Waals surface area (Å²) in [5, 5.41) is 26.0. The molecule has 0 bridgehead atoms. The number of amides is 3. The summed E-state index contributed by atoms with van der Waals surface area (Å²) >= 11 is 4.06. The lowest BCUT2D eigenvalue weighted by atomic mass is 10.0. The first-order chi connectivity index (χ1) is 13.3. The fourth-order valence-corrected chi connectivity index (χ4v) is 2.68. The van der Waals surface area contributed by atoms with E-state index in [0.29, 0.717) is 0 Å². The maximum Gasteiger partial charge on any atom is 0.326 e. The predicted molar refractivity (Wildman–Crippen MR) is 111 cm³/mol. The first kappa shape index (κ1) is 27.1. The molecule has 5 atom stereocenters. The van der Waals surface area contributed by atoms with Crippen LogP contribution in [-0.4, -0.2) is 69.9 Å². The molecule has 3 amide bonds. The van der Waals surface area contributed by atoms with Gasteiger partial charge in [0.25, 0.3) is 0 Å². The van der Waals surface area contributed by atoms with E-state index in [-0.39, 0.29) is 24.0 Å². The van der Waals surface area contributed by atoms with E-state index in [4.69, 9.17) is 5.73 Å². The van der Waals surface area contributed by atoms with E-state index >= 15 is 0 Å². The Morgan fingerprint density at radius 1 is 0.897 bits per heavy atom. The molecule has 0 aliphatic rings. The SMILES string of the molecule is CC(C)CC(NC(=O)C(N)C(C)O)C(=O)NC(CS)C(=O)NC(C(=O)O)C(C)C. The van der Waals surface area contributed by atoms with Gasteiger partial charge >= 0.3 is 5.97 Å². The molecule has 168 valence electrons. The van der Waals surface area contributed by atoms with Gasteiger partial charge in [-0.1, -0.05) is 27.7 Å². The van der Waals surface area contributed by atoms with Crippen molar-refractivity contribution in [3.05, 3.63) is 0 Å². The summed E-state index contributed by atoms with van der Waals surface area (Å²) in [6.07, 6.45) is -0.827. The Kier molecular flexibility index (Phi) is 11.8. The highest BCUT2D eigenvalue weighted by Gasteiger charge is 2.31. The fraction of sp³-hybridized carbons (Fsp3) is 0.778. The third-order valence-corrected chi connectivity index (χ3v) is 4.57. The highest BCUT2D eigenvalue weighted by Crippen LogP contribution is 2.07. The van der Waals surface area contributed by atoms with Crippen molar-refractivity contribution >= 4 is 36.3 Å². The Hall–Kier alpha value is -1.85. The Labute approximate surface area is 176 Å². The molecule has 0 aliphatic heterocycles. The fourth-order valence-electron chi connectivity index (χ4n) is 2.42. The standard InChI is InChI=1S/C18H34N4O6S/c1-8(2)6-11(20-17(26)13(19)10(5)23)15(24)21-12(7-29)16(25)22-14(9(3)4)18(27)28/h8-14,23,29H,6-7,19H2,1-5H3,(H,20,26)(H,21,24)(H,22,25)(H,27,28). The average Bonchev–Trinajstić information content (AvgIpc) is 2.61. The number of aliphatic hydroxyl groups excluding tert-OH is 1. The van der Waals surface area contributed by atoms with Crippen LogP contribution in [0.1, 0.15) is 41.0 Å². The molecular weight excluding hydrogens is 400 g/mol. The van der Waals surface area contributed by atoms with Crippen LogP contribution < -0.4 is 21.7 Å². The van der Waals surface area contributed by atoms with Crippen LogP contribution in [0, 0.1) is 11.8 Å². The number of rotatable bonds is 12.